The van der Waals surface area contributed by atoms with Crippen LogP contribution in [0.15, 0.2) is 0 Å². The predicted molar refractivity (Wildman–Crippen MR) is 273 cm³/mol. The zero-order chi connectivity index (χ0) is 61.8. The maximum Gasteiger partial charge on any atom is 0.309 e. The number of carbonyl (C=O) groups excluding carboxylic acids is 10. The van der Waals surface area contributed by atoms with Crippen molar-refractivity contribution in [2.24, 2.45) is 59.2 Å². The third-order valence-corrected chi connectivity index (χ3v) is 12.4. The van der Waals surface area contributed by atoms with E-state index in [-0.39, 0.29) is 19.3 Å². The van der Waals surface area contributed by atoms with Crippen LogP contribution in [-0.4, -0.2) is 243 Å². The summed E-state index contributed by atoms with van der Waals surface area (Å²) < 4.78 is 52.0. The second-order valence-electron chi connectivity index (χ2n) is 18.6. The first kappa shape index (κ1) is 76.3. The molecule has 10 unspecified atom stereocenters. The summed E-state index contributed by atoms with van der Waals surface area (Å²) in [5.74, 6) is -25.5. The van der Waals surface area contributed by atoms with Crippen LogP contribution in [0, 0.1) is 59.2 Å². The van der Waals surface area contributed by atoms with Crippen molar-refractivity contribution in [1.82, 2.24) is 0 Å². The lowest BCUT2D eigenvalue weighted by atomic mass is 9.76. The summed E-state index contributed by atoms with van der Waals surface area (Å²) in [6, 6.07) is 0. The third kappa shape index (κ3) is 31.7. The van der Waals surface area contributed by atoms with Crippen molar-refractivity contribution in [3.8, 4) is 0 Å². The van der Waals surface area contributed by atoms with Crippen LogP contribution in [0.25, 0.3) is 0 Å². The van der Waals surface area contributed by atoms with Gasteiger partial charge in [0.25, 0.3) is 0 Å². The number of rotatable bonds is 49. The first-order valence-electron chi connectivity index (χ1n) is 27.1. The molecule has 0 rings (SSSR count). The standard InChI is InChI=1S/C52H86O30/c1-3-34(44(64)74-15-5-54)25-36(46(66)76-17-7-56)27-38(48(68)78-19-9-58)29-40(50(70)80-21-11-60)31-42(52(72)82-23-13-62)32-41(51(71)81-22-12-61)30-39(49(69)79-20-10-59)28-37(47(67)77-18-8-57)26-35(45(65)75-16-6-55)24-33(2)43(63)73-14-4-53/h33-42,53-62H,3-32H2,1-2H3. The number of hydrogen-bond acceptors (Lipinski definition) is 30. The topological polar surface area (TPSA) is 465 Å². The van der Waals surface area contributed by atoms with Crippen molar-refractivity contribution in [1.29, 1.82) is 0 Å². The Bertz CT molecular complexity index is 1860. The van der Waals surface area contributed by atoms with Gasteiger partial charge in [0.1, 0.15) is 66.1 Å². The molecule has 0 heterocycles. The molecule has 0 aliphatic heterocycles. The SMILES string of the molecule is CCC(CC(CC(CC(CC(CC(CC(CC(CC(CC(C)C(=O)OCCO)C(=O)OCCO)C(=O)OCCO)C(=O)OCCO)C(=O)OCCO)C(=O)OCCO)C(=O)OCCO)C(=O)OCCO)C(=O)OCCO)C(=O)OCCO. The van der Waals surface area contributed by atoms with Crippen molar-refractivity contribution in [3.05, 3.63) is 0 Å². The van der Waals surface area contributed by atoms with Crippen molar-refractivity contribution < 1.29 is 146 Å². The minimum atomic E-state index is -1.70. The Balaban J connectivity index is 8.07. The molecule has 0 aliphatic rings. The molecule has 0 radical (unpaired) electrons. The molecular weight excluding hydrogens is 1100 g/mol. The van der Waals surface area contributed by atoms with Crippen LogP contribution in [0.1, 0.15) is 78.1 Å². The Hall–Kier alpha value is -5.70. The summed E-state index contributed by atoms with van der Waals surface area (Å²) in [6.45, 7) is -9.32. The van der Waals surface area contributed by atoms with E-state index in [0.29, 0.717) is 0 Å². The van der Waals surface area contributed by atoms with E-state index in [2.05, 4.69) is 0 Å². The van der Waals surface area contributed by atoms with E-state index in [0.717, 1.165) is 0 Å². The maximum atomic E-state index is 14.2. The highest BCUT2D eigenvalue weighted by atomic mass is 16.6. The molecule has 474 valence electrons. The van der Waals surface area contributed by atoms with Crippen LogP contribution in [0.2, 0.25) is 0 Å². The molecule has 0 saturated carbocycles. The molecule has 0 spiro atoms. The first-order chi connectivity index (χ1) is 39.3. The predicted octanol–water partition coefficient (Wildman–Crippen LogP) is -3.56. The van der Waals surface area contributed by atoms with Crippen molar-refractivity contribution in [3.63, 3.8) is 0 Å². The van der Waals surface area contributed by atoms with Crippen LogP contribution < -0.4 is 0 Å². The number of carbonyl (C=O) groups is 10. The Morgan fingerprint density at radius 3 is 0.524 bits per heavy atom. The fourth-order valence-corrected chi connectivity index (χ4v) is 8.67. The minimum absolute atomic E-state index is 0.0718. The molecule has 0 bridgehead atoms. The third-order valence-electron chi connectivity index (χ3n) is 12.4. The fraction of sp³-hybridized carbons (Fsp3) is 0.808. The van der Waals surface area contributed by atoms with Gasteiger partial charge in [-0.15, -0.1) is 0 Å². The Kier molecular flexibility index (Phi) is 43.5. The summed E-state index contributed by atoms with van der Waals surface area (Å²) in [4.78, 5) is 137. The monoisotopic (exact) mass is 1190 g/mol. The smallest absolute Gasteiger partial charge is 0.309 e. The number of esters is 10. The molecule has 0 aromatic carbocycles. The lowest BCUT2D eigenvalue weighted by molar-refractivity contribution is -0.160. The summed E-state index contributed by atoms with van der Waals surface area (Å²) in [5, 5.41) is 95.0. The van der Waals surface area contributed by atoms with E-state index >= 15 is 0 Å². The van der Waals surface area contributed by atoms with Crippen LogP contribution in [0.3, 0.4) is 0 Å². The van der Waals surface area contributed by atoms with Gasteiger partial charge in [0.2, 0.25) is 0 Å². The van der Waals surface area contributed by atoms with Gasteiger partial charge in [0.05, 0.1) is 125 Å². The lowest BCUT2D eigenvalue weighted by Crippen LogP contribution is -2.36. The zero-order valence-corrected chi connectivity index (χ0v) is 46.6. The van der Waals surface area contributed by atoms with Gasteiger partial charge in [0.15, 0.2) is 0 Å². The first-order valence-corrected chi connectivity index (χ1v) is 27.1. The number of aliphatic hydroxyl groups is 10. The largest absolute Gasteiger partial charge is 0.463 e. The highest BCUT2D eigenvalue weighted by molar-refractivity contribution is 5.82. The van der Waals surface area contributed by atoms with E-state index in [1.165, 1.54) is 6.92 Å². The lowest BCUT2D eigenvalue weighted by Gasteiger charge is -2.30. The quantitative estimate of drug-likeness (QED) is 0.0208. The summed E-state index contributed by atoms with van der Waals surface area (Å²) >= 11 is 0. The van der Waals surface area contributed by atoms with Crippen LogP contribution in [0.4, 0.5) is 0 Å². The molecule has 0 aromatic heterocycles. The maximum absolute atomic E-state index is 14.2. The molecule has 10 atom stereocenters. The van der Waals surface area contributed by atoms with E-state index in [1.807, 2.05) is 0 Å². The number of aliphatic hydroxyl groups excluding tert-OH is 10. The van der Waals surface area contributed by atoms with Gasteiger partial charge >= 0.3 is 59.7 Å². The van der Waals surface area contributed by atoms with Crippen LogP contribution in [0.5, 0.6) is 0 Å². The minimum Gasteiger partial charge on any atom is -0.463 e. The second kappa shape index (κ2) is 46.7. The van der Waals surface area contributed by atoms with Crippen molar-refractivity contribution >= 4 is 59.7 Å². The molecule has 30 heteroatoms. The highest BCUT2D eigenvalue weighted by Gasteiger charge is 2.42. The van der Waals surface area contributed by atoms with E-state index in [1.54, 1.807) is 6.92 Å². The Labute approximate surface area is 474 Å². The molecule has 0 fully saturated rings. The number of hydrogen-bond donors (Lipinski definition) is 10. The molecule has 82 heavy (non-hydrogen) atoms. The van der Waals surface area contributed by atoms with Gasteiger partial charge in [0, 0.05) is 0 Å². The molecule has 30 nitrogen and oxygen atoms in total. The van der Waals surface area contributed by atoms with Gasteiger partial charge in [-0.3, -0.25) is 47.9 Å². The molecule has 0 aliphatic carbocycles. The zero-order valence-electron chi connectivity index (χ0n) is 46.6. The fourth-order valence-electron chi connectivity index (χ4n) is 8.67. The van der Waals surface area contributed by atoms with Gasteiger partial charge in [-0.05, 0) is 64.2 Å². The summed E-state index contributed by atoms with van der Waals surface area (Å²) in [7, 11) is 0. The van der Waals surface area contributed by atoms with Crippen LogP contribution in [-0.2, 0) is 95.3 Å². The molecule has 0 amide bonds. The number of ether oxygens (including phenoxy) is 10. The van der Waals surface area contributed by atoms with Gasteiger partial charge in [-0.1, -0.05) is 13.8 Å². The Morgan fingerprint density at radius 1 is 0.232 bits per heavy atom. The van der Waals surface area contributed by atoms with E-state index in [9.17, 15) is 99.0 Å². The molecule has 10 N–H and O–H groups in total. The second-order valence-corrected chi connectivity index (χ2v) is 18.6. The van der Waals surface area contributed by atoms with Crippen molar-refractivity contribution in [2.45, 2.75) is 78.1 Å². The van der Waals surface area contributed by atoms with E-state index < -0.39 is 296 Å². The normalized spacial score (nSPS) is 14.8. The molecule has 0 aromatic rings. The average molecular weight is 1190 g/mol. The highest BCUT2D eigenvalue weighted by Crippen LogP contribution is 2.37. The van der Waals surface area contributed by atoms with Gasteiger partial charge in [-0.2, -0.15) is 0 Å². The molecular formula is C52H86O30. The molecule has 0 saturated heterocycles. The summed E-state index contributed by atoms with van der Waals surface area (Å²) in [5.41, 5.74) is 0. The van der Waals surface area contributed by atoms with E-state index in [4.69, 9.17) is 47.4 Å². The Morgan fingerprint density at radius 2 is 0.366 bits per heavy atom. The van der Waals surface area contributed by atoms with Crippen molar-refractivity contribution in [2.75, 3.05) is 132 Å². The van der Waals surface area contributed by atoms with Crippen LogP contribution >= 0.6 is 0 Å². The van der Waals surface area contributed by atoms with Gasteiger partial charge in [-0.25, -0.2) is 0 Å². The van der Waals surface area contributed by atoms with Gasteiger partial charge < -0.3 is 98.4 Å². The summed E-state index contributed by atoms with van der Waals surface area (Å²) in [6.07, 6.45) is -5.38. The average Bonchev–Trinajstić information content (AvgIpc) is 3.48.